The van der Waals surface area contributed by atoms with E-state index in [0.717, 1.165) is 18.5 Å². The van der Waals surface area contributed by atoms with Crippen molar-refractivity contribution in [3.8, 4) is 17.2 Å². The summed E-state index contributed by atoms with van der Waals surface area (Å²) < 4.78 is 22.0. The van der Waals surface area contributed by atoms with E-state index in [0.29, 0.717) is 34.5 Å². The highest BCUT2D eigenvalue weighted by atomic mass is 32.1. The average Bonchev–Trinajstić information content (AvgIpc) is 2.80. The summed E-state index contributed by atoms with van der Waals surface area (Å²) in [4.78, 5) is 13.9. The van der Waals surface area contributed by atoms with Crippen LogP contribution in [0.3, 0.4) is 0 Å². The van der Waals surface area contributed by atoms with Gasteiger partial charge < -0.3 is 29.2 Å². The van der Waals surface area contributed by atoms with Crippen molar-refractivity contribution in [3.05, 3.63) is 53.1 Å². The van der Waals surface area contributed by atoms with Crippen molar-refractivity contribution in [3.63, 3.8) is 0 Å². The summed E-state index contributed by atoms with van der Waals surface area (Å²) in [6.07, 6.45) is 0.825. The first kappa shape index (κ1) is 24.6. The normalized spacial score (nSPS) is 15.3. The number of nitrogens with zero attached hydrogens (tertiary/aromatic N) is 1. The number of esters is 1. The van der Waals surface area contributed by atoms with E-state index in [1.54, 1.807) is 38.5 Å². The molecule has 33 heavy (non-hydrogen) atoms. The lowest BCUT2D eigenvalue weighted by atomic mass is 9.92. The molecule has 0 amide bonds. The Morgan fingerprint density at radius 2 is 1.73 bits per heavy atom. The van der Waals surface area contributed by atoms with Gasteiger partial charge in [-0.2, -0.15) is 0 Å². The number of carbonyl (C=O) groups is 1. The number of hydrogen-bond acceptors (Lipinski definition) is 6. The molecule has 178 valence electrons. The van der Waals surface area contributed by atoms with Gasteiger partial charge in [0.25, 0.3) is 0 Å². The summed E-state index contributed by atoms with van der Waals surface area (Å²) in [5.41, 5.74) is 2.58. The molecule has 0 fully saturated rings. The predicted octanol–water partition coefficient (Wildman–Crippen LogP) is 4.14. The molecule has 2 aromatic rings. The molecular weight excluding hydrogens is 440 g/mol. The third kappa shape index (κ3) is 5.87. The molecular formula is C25H32N2O5S. The zero-order chi connectivity index (χ0) is 24.2. The molecule has 0 bridgehead atoms. The zero-order valence-corrected chi connectivity index (χ0v) is 20.9. The molecule has 0 saturated carbocycles. The maximum absolute atomic E-state index is 11.7. The van der Waals surface area contributed by atoms with Crippen molar-refractivity contribution in [1.29, 1.82) is 0 Å². The highest BCUT2D eigenvalue weighted by molar-refractivity contribution is 7.80. The number of thiocarbonyl (C=S) groups is 1. The van der Waals surface area contributed by atoms with Gasteiger partial charge >= 0.3 is 5.97 Å². The molecule has 2 aromatic carbocycles. The lowest BCUT2D eigenvalue weighted by Gasteiger charge is -2.41. The van der Waals surface area contributed by atoms with Gasteiger partial charge in [-0.25, -0.2) is 4.79 Å². The highest BCUT2D eigenvalue weighted by Crippen LogP contribution is 2.38. The third-order valence-corrected chi connectivity index (χ3v) is 5.77. The second-order valence-electron chi connectivity index (χ2n) is 8.87. The molecule has 8 heteroatoms. The van der Waals surface area contributed by atoms with Gasteiger partial charge in [-0.05, 0) is 86.9 Å². The van der Waals surface area contributed by atoms with Crippen LogP contribution in [0.4, 0.5) is 0 Å². The van der Waals surface area contributed by atoms with Crippen LogP contribution in [-0.2, 0) is 11.2 Å². The molecule has 0 radical (unpaired) electrons. The fourth-order valence-electron chi connectivity index (χ4n) is 3.82. The molecule has 7 nitrogen and oxygen atoms in total. The topological polar surface area (TPSA) is 69.3 Å². The second-order valence-corrected chi connectivity index (χ2v) is 9.26. The predicted molar refractivity (Wildman–Crippen MR) is 131 cm³/mol. The minimum Gasteiger partial charge on any atom is -0.493 e. The number of benzene rings is 2. The van der Waals surface area contributed by atoms with Crippen LogP contribution in [0.25, 0.3) is 0 Å². The van der Waals surface area contributed by atoms with E-state index in [1.807, 2.05) is 12.1 Å². The maximum Gasteiger partial charge on any atom is 0.337 e. The summed E-state index contributed by atoms with van der Waals surface area (Å²) >= 11 is 5.78. The van der Waals surface area contributed by atoms with Gasteiger partial charge in [0.05, 0.1) is 32.9 Å². The molecule has 0 aromatic heterocycles. The summed E-state index contributed by atoms with van der Waals surface area (Å²) in [5.74, 6) is 1.65. The Hall–Kier alpha value is -3.00. The summed E-state index contributed by atoms with van der Waals surface area (Å²) in [6.45, 7) is 7.37. The summed E-state index contributed by atoms with van der Waals surface area (Å²) in [5, 5.41) is 4.10. The Morgan fingerprint density at radius 1 is 1.09 bits per heavy atom. The highest BCUT2D eigenvalue weighted by Gasteiger charge is 2.32. The number of hydrogen-bond donors (Lipinski definition) is 1. The molecule has 1 heterocycles. The van der Waals surface area contributed by atoms with Gasteiger partial charge in [-0.1, -0.05) is 0 Å². The van der Waals surface area contributed by atoms with E-state index in [-0.39, 0.29) is 17.6 Å². The Balaban J connectivity index is 1.90. The molecule has 3 rings (SSSR count). The standard InChI is InChI=1S/C25H32N2O5S/c1-25(2,3)26-24(33)27-12-11-17-13-21(29-4)22(30-5)14-19(17)20(27)15-32-18-9-7-16(8-10-18)23(28)31-6/h7-10,13-14,20H,11-12,15H2,1-6H3,(H,26,33)/t20-/m0/s1. The van der Waals surface area contributed by atoms with Gasteiger partial charge in [0.2, 0.25) is 0 Å². The average molecular weight is 473 g/mol. The zero-order valence-electron chi connectivity index (χ0n) is 20.1. The monoisotopic (exact) mass is 472 g/mol. The number of carbonyl (C=O) groups excluding carboxylic acids is 1. The molecule has 0 unspecified atom stereocenters. The van der Waals surface area contributed by atoms with Crippen molar-refractivity contribution >= 4 is 23.3 Å². The molecule has 1 aliphatic heterocycles. The molecule has 1 aliphatic rings. The van der Waals surface area contributed by atoms with Crippen LogP contribution in [0.2, 0.25) is 0 Å². The molecule has 0 spiro atoms. The van der Waals surface area contributed by atoms with E-state index in [4.69, 9.17) is 31.2 Å². The Kier molecular flexibility index (Phi) is 7.68. The van der Waals surface area contributed by atoms with Crippen LogP contribution in [0.1, 0.15) is 48.3 Å². The van der Waals surface area contributed by atoms with Gasteiger partial charge in [0, 0.05) is 12.1 Å². The largest absolute Gasteiger partial charge is 0.493 e. The second kappa shape index (κ2) is 10.3. The number of nitrogens with one attached hydrogen (secondary N) is 1. The van der Waals surface area contributed by atoms with Crippen molar-refractivity contribution in [2.75, 3.05) is 34.5 Å². The molecule has 0 saturated heterocycles. The third-order valence-electron chi connectivity index (χ3n) is 5.43. The molecule has 0 aliphatic carbocycles. The lowest BCUT2D eigenvalue weighted by molar-refractivity contribution is 0.0600. The van der Waals surface area contributed by atoms with Crippen LogP contribution in [0.5, 0.6) is 17.2 Å². The fraction of sp³-hybridized carbons (Fsp3) is 0.440. The van der Waals surface area contributed by atoms with Gasteiger partial charge in [0.15, 0.2) is 16.6 Å². The van der Waals surface area contributed by atoms with Crippen molar-refractivity contribution in [2.45, 2.75) is 38.8 Å². The van der Waals surface area contributed by atoms with Crippen LogP contribution in [0, 0.1) is 0 Å². The summed E-state index contributed by atoms with van der Waals surface area (Å²) in [6, 6.07) is 10.8. The van der Waals surface area contributed by atoms with Crippen LogP contribution in [0.15, 0.2) is 36.4 Å². The van der Waals surface area contributed by atoms with E-state index < -0.39 is 0 Å². The van der Waals surface area contributed by atoms with E-state index in [9.17, 15) is 4.79 Å². The summed E-state index contributed by atoms with van der Waals surface area (Å²) in [7, 11) is 4.63. The van der Waals surface area contributed by atoms with E-state index in [2.05, 4.69) is 31.0 Å². The maximum atomic E-state index is 11.7. The van der Waals surface area contributed by atoms with Gasteiger partial charge in [-0.15, -0.1) is 0 Å². The lowest BCUT2D eigenvalue weighted by Crippen LogP contribution is -2.52. The van der Waals surface area contributed by atoms with Crippen LogP contribution in [-0.4, -0.2) is 56.0 Å². The fourth-order valence-corrected chi connectivity index (χ4v) is 4.35. The van der Waals surface area contributed by atoms with Crippen molar-refractivity contribution in [2.24, 2.45) is 0 Å². The molecule has 1 N–H and O–H groups in total. The molecule has 1 atom stereocenters. The Labute approximate surface area is 201 Å². The Morgan fingerprint density at radius 3 is 2.30 bits per heavy atom. The van der Waals surface area contributed by atoms with E-state index >= 15 is 0 Å². The number of ether oxygens (including phenoxy) is 4. The SMILES string of the molecule is COC(=O)c1ccc(OC[C@H]2c3cc(OC)c(OC)cc3CCN2C(=S)NC(C)(C)C)cc1. The van der Waals surface area contributed by atoms with Gasteiger partial charge in [-0.3, -0.25) is 0 Å². The van der Waals surface area contributed by atoms with Gasteiger partial charge in [0.1, 0.15) is 12.4 Å². The van der Waals surface area contributed by atoms with Crippen LogP contribution < -0.4 is 19.5 Å². The van der Waals surface area contributed by atoms with Crippen LogP contribution >= 0.6 is 12.2 Å². The number of fused-ring (bicyclic) bond motifs is 1. The smallest absolute Gasteiger partial charge is 0.337 e. The van der Waals surface area contributed by atoms with E-state index in [1.165, 1.54) is 12.7 Å². The Bertz CT molecular complexity index is 1000. The quantitative estimate of drug-likeness (QED) is 0.497. The first-order chi connectivity index (χ1) is 15.7. The number of methoxy groups -OCH3 is 3. The first-order valence-electron chi connectivity index (χ1n) is 10.8. The number of rotatable bonds is 6. The first-order valence-corrected chi connectivity index (χ1v) is 11.2. The minimum atomic E-state index is -0.381. The van der Waals surface area contributed by atoms with Crippen molar-refractivity contribution in [1.82, 2.24) is 10.2 Å². The van der Waals surface area contributed by atoms with Crippen molar-refractivity contribution < 1.29 is 23.7 Å². The minimum absolute atomic E-state index is 0.129.